The van der Waals surface area contributed by atoms with Gasteiger partial charge < -0.3 is 15.5 Å². The van der Waals surface area contributed by atoms with E-state index < -0.39 is 0 Å². The van der Waals surface area contributed by atoms with Gasteiger partial charge in [-0.3, -0.25) is 9.79 Å². The SMILES string of the molecule is CN=C(NCCCC(=O)N1CCc2ccccc21)NCCCC(C)C.I. The van der Waals surface area contributed by atoms with Gasteiger partial charge in [0.2, 0.25) is 5.91 Å². The number of rotatable bonds is 8. The summed E-state index contributed by atoms with van der Waals surface area (Å²) in [6.45, 7) is 6.98. The third-order valence-corrected chi connectivity index (χ3v) is 4.52. The predicted molar refractivity (Wildman–Crippen MR) is 121 cm³/mol. The average molecular weight is 472 g/mol. The van der Waals surface area contributed by atoms with Crippen molar-refractivity contribution in [3.05, 3.63) is 29.8 Å². The lowest BCUT2D eigenvalue weighted by Crippen LogP contribution is -2.38. The fourth-order valence-corrected chi connectivity index (χ4v) is 3.12. The van der Waals surface area contributed by atoms with E-state index in [9.17, 15) is 4.79 Å². The van der Waals surface area contributed by atoms with Crippen molar-refractivity contribution in [2.45, 2.75) is 46.0 Å². The van der Waals surface area contributed by atoms with Gasteiger partial charge in [0.15, 0.2) is 5.96 Å². The summed E-state index contributed by atoms with van der Waals surface area (Å²) in [5, 5.41) is 6.62. The van der Waals surface area contributed by atoms with Crippen LogP contribution in [-0.4, -0.2) is 38.5 Å². The van der Waals surface area contributed by atoms with Gasteiger partial charge in [-0.25, -0.2) is 0 Å². The summed E-state index contributed by atoms with van der Waals surface area (Å²) >= 11 is 0. The van der Waals surface area contributed by atoms with E-state index in [4.69, 9.17) is 0 Å². The van der Waals surface area contributed by atoms with Crippen molar-refractivity contribution in [3.8, 4) is 0 Å². The number of nitrogens with zero attached hydrogens (tertiary/aromatic N) is 2. The van der Waals surface area contributed by atoms with Crippen LogP contribution in [0.1, 0.15) is 45.1 Å². The van der Waals surface area contributed by atoms with Crippen LogP contribution in [-0.2, 0) is 11.2 Å². The van der Waals surface area contributed by atoms with Gasteiger partial charge in [-0.05, 0) is 43.2 Å². The number of nitrogens with one attached hydrogen (secondary N) is 2. The van der Waals surface area contributed by atoms with Crippen LogP contribution in [0.5, 0.6) is 0 Å². The van der Waals surface area contributed by atoms with E-state index in [-0.39, 0.29) is 29.9 Å². The highest BCUT2D eigenvalue weighted by Crippen LogP contribution is 2.27. The second kappa shape index (κ2) is 12.1. The van der Waals surface area contributed by atoms with Crippen molar-refractivity contribution in [2.75, 3.05) is 31.6 Å². The molecule has 0 unspecified atom stereocenters. The molecule has 0 aliphatic carbocycles. The normalized spacial score (nSPS) is 13.4. The van der Waals surface area contributed by atoms with E-state index in [0.717, 1.165) is 56.5 Å². The first-order chi connectivity index (χ1) is 12.1. The van der Waals surface area contributed by atoms with Crippen molar-refractivity contribution in [3.63, 3.8) is 0 Å². The number of halogens is 1. The van der Waals surface area contributed by atoms with Gasteiger partial charge in [0.1, 0.15) is 0 Å². The van der Waals surface area contributed by atoms with Gasteiger partial charge in [0.25, 0.3) is 0 Å². The smallest absolute Gasteiger partial charge is 0.227 e. The monoisotopic (exact) mass is 472 g/mol. The molecule has 0 spiro atoms. The zero-order valence-electron chi connectivity index (χ0n) is 16.3. The van der Waals surface area contributed by atoms with E-state index in [1.54, 1.807) is 7.05 Å². The Morgan fingerprint density at radius 1 is 1.19 bits per heavy atom. The molecule has 26 heavy (non-hydrogen) atoms. The van der Waals surface area contributed by atoms with Crippen LogP contribution < -0.4 is 15.5 Å². The number of hydrogen-bond donors (Lipinski definition) is 2. The molecule has 0 aromatic heterocycles. The predicted octanol–water partition coefficient (Wildman–Crippen LogP) is 3.58. The Bertz CT molecular complexity index is 589. The molecule has 1 aromatic rings. The first kappa shape index (κ1) is 22.7. The summed E-state index contributed by atoms with van der Waals surface area (Å²) in [6, 6.07) is 8.19. The molecule has 1 heterocycles. The molecular weight excluding hydrogens is 439 g/mol. The number of carbonyl (C=O) groups is 1. The van der Waals surface area contributed by atoms with Crippen LogP contribution in [0.3, 0.4) is 0 Å². The van der Waals surface area contributed by atoms with Crippen molar-refractivity contribution in [1.29, 1.82) is 0 Å². The Hall–Kier alpha value is -1.31. The number of benzene rings is 1. The molecule has 0 saturated carbocycles. The van der Waals surface area contributed by atoms with Crippen molar-refractivity contribution in [1.82, 2.24) is 10.6 Å². The van der Waals surface area contributed by atoms with Crippen LogP contribution in [0.25, 0.3) is 0 Å². The number of amides is 1. The molecule has 0 radical (unpaired) electrons. The van der Waals surface area contributed by atoms with Gasteiger partial charge in [-0.15, -0.1) is 24.0 Å². The maximum absolute atomic E-state index is 12.4. The maximum atomic E-state index is 12.4. The molecule has 2 rings (SSSR count). The largest absolute Gasteiger partial charge is 0.356 e. The Morgan fingerprint density at radius 2 is 1.88 bits per heavy atom. The number of hydrogen-bond acceptors (Lipinski definition) is 2. The van der Waals surface area contributed by atoms with Crippen LogP contribution in [0.2, 0.25) is 0 Å². The molecule has 0 bridgehead atoms. The molecule has 1 aliphatic heterocycles. The van der Waals surface area contributed by atoms with Gasteiger partial charge in [-0.1, -0.05) is 32.0 Å². The van der Waals surface area contributed by atoms with Gasteiger partial charge >= 0.3 is 0 Å². The molecule has 2 N–H and O–H groups in total. The van der Waals surface area contributed by atoms with Crippen LogP contribution in [0, 0.1) is 5.92 Å². The summed E-state index contributed by atoms with van der Waals surface area (Å²) < 4.78 is 0. The summed E-state index contributed by atoms with van der Waals surface area (Å²) in [7, 11) is 1.78. The topological polar surface area (TPSA) is 56.7 Å². The average Bonchev–Trinajstić information content (AvgIpc) is 3.04. The van der Waals surface area contributed by atoms with Crippen LogP contribution in [0.15, 0.2) is 29.3 Å². The third kappa shape index (κ3) is 7.13. The van der Waals surface area contributed by atoms with E-state index in [0.29, 0.717) is 6.42 Å². The Balaban J connectivity index is 0.00000338. The number of fused-ring (bicyclic) bond motifs is 1. The van der Waals surface area contributed by atoms with Crippen molar-refractivity contribution >= 4 is 41.5 Å². The number of anilines is 1. The first-order valence-corrected chi connectivity index (χ1v) is 9.44. The second-order valence-electron chi connectivity index (χ2n) is 6.99. The van der Waals surface area contributed by atoms with Gasteiger partial charge in [-0.2, -0.15) is 0 Å². The lowest BCUT2D eigenvalue weighted by atomic mass is 10.1. The minimum Gasteiger partial charge on any atom is -0.356 e. The molecule has 0 fully saturated rings. The Morgan fingerprint density at radius 3 is 2.58 bits per heavy atom. The van der Waals surface area contributed by atoms with Gasteiger partial charge in [0.05, 0.1) is 0 Å². The Kier molecular flexibility index (Phi) is 10.6. The van der Waals surface area contributed by atoms with Crippen molar-refractivity contribution < 1.29 is 4.79 Å². The zero-order chi connectivity index (χ0) is 18.1. The standard InChI is InChI=1S/C20H32N4O.HI/c1-16(2)8-6-13-22-20(21-3)23-14-7-11-19(25)24-15-12-17-9-4-5-10-18(17)24;/h4-5,9-10,16H,6-8,11-15H2,1-3H3,(H2,21,22,23);1H. The van der Waals surface area contributed by atoms with E-state index >= 15 is 0 Å². The third-order valence-electron chi connectivity index (χ3n) is 4.52. The van der Waals surface area contributed by atoms with E-state index in [2.05, 4.69) is 35.5 Å². The summed E-state index contributed by atoms with van der Waals surface area (Å²) in [5.74, 6) is 1.77. The minimum atomic E-state index is 0. The first-order valence-electron chi connectivity index (χ1n) is 9.44. The molecule has 1 aliphatic rings. The molecule has 6 heteroatoms. The molecule has 1 amide bonds. The highest BCUT2D eigenvalue weighted by atomic mass is 127. The highest BCUT2D eigenvalue weighted by Gasteiger charge is 2.23. The number of carbonyl (C=O) groups excluding carboxylic acids is 1. The number of para-hydroxylation sites is 1. The van der Waals surface area contributed by atoms with E-state index in [1.165, 1.54) is 12.0 Å². The number of guanidine groups is 1. The summed E-state index contributed by atoms with van der Waals surface area (Å²) in [6.07, 6.45) is 4.70. The molecule has 0 saturated heterocycles. The number of aliphatic imine (C=N–C) groups is 1. The van der Waals surface area contributed by atoms with Crippen LogP contribution >= 0.6 is 24.0 Å². The quantitative estimate of drug-likeness (QED) is 0.263. The molecular formula is C20H33IN4O. The molecule has 0 atom stereocenters. The molecule has 146 valence electrons. The minimum absolute atomic E-state index is 0. The van der Waals surface area contributed by atoms with Crippen molar-refractivity contribution in [2.24, 2.45) is 10.9 Å². The summed E-state index contributed by atoms with van der Waals surface area (Å²) in [4.78, 5) is 18.6. The van der Waals surface area contributed by atoms with Gasteiger partial charge in [0, 0.05) is 38.8 Å². The zero-order valence-corrected chi connectivity index (χ0v) is 18.6. The van der Waals surface area contributed by atoms with E-state index in [1.807, 2.05) is 23.1 Å². The maximum Gasteiger partial charge on any atom is 0.227 e. The molecule has 1 aromatic carbocycles. The lowest BCUT2D eigenvalue weighted by molar-refractivity contribution is -0.118. The Labute approximate surface area is 175 Å². The highest BCUT2D eigenvalue weighted by molar-refractivity contribution is 14.0. The fraction of sp³-hybridized carbons (Fsp3) is 0.600. The molecule has 5 nitrogen and oxygen atoms in total. The lowest BCUT2D eigenvalue weighted by Gasteiger charge is -2.17. The summed E-state index contributed by atoms with van der Waals surface area (Å²) in [5.41, 5.74) is 2.36. The fourth-order valence-electron chi connectivity index (χ4n) is 3.12. The van der Waals surface area contributed by atoms with Crippen LogP contribution in [0.4, 0.5) is 5.69 Å². The second-order valence-corrected chi connectivity index (χ2v) is 6.99.